The zero-order valence-corrected chi connectivity index (χ0v) is 17.3. The van der Waals surface area contributed by atoms with Crippen molar-refractivity contribution in [3.63, 3.8) is 0 Å². The SMILES string of the molecule is CCCCCCCCCNc1c(-c2cccnc2)nc2cc(C)ccn12.Cl. The summed E-state index contributed by atoms with van der Waals surface area (Å²) in [5.41, 5.74) is 4.23. The molecule has 0 aliphatic heterocycles. The van der Waals surface area contributed by atoms with Crippen molar-refractivity contribution in [1.82, 2.24) is 14.4 Å². The van der Waals surface area contributed by atoms with Crippen LogP contribution in [0.2, 0.25) is 0 Å². The Morgan fingerprint density at radius 3 is 2.56 bits per heavy atom. The lowest BCUT2D eigenvalue weighted by Crippen LogP contribution is -2.05. The molecule has 0 spiro atoms. The van der Waals surface area contributed by atoms with Gasteiger partial charge in [-0.3, -0.25) is 9.38 Å². The van der Waals surface area contributed by atoms with Crippen molar-refractivity contribution < 1.29 is 0 Å². The molecule has 0 saturated carbocycles. The van der Waals surface area contributed by atoms with Gasteiger partial charge in [0, 0.05) is 30.7 Å². The molecule has 3 aromatic rings. The lowest BCUT2D eigenvalue weighted by Gasteiger charge is -2.09. The first-order chi connectivity index (χ1) is 12.8. The van der Waals surface area contributed by atoms with Crippen molar-refractivity contribution in [3.05, 3.63) is 48.4 Å². The maximum atomic E-state index is 4.85. The molecule has 4 nitrogen and oxygen atoms in total. The molecular weight excluding hydrogens is 356 g/mol. The Morgan fingerprint density at radius 1 is 1.04 bits per heavy atom. The highest BCUT2D eigenvalue weighted by Gasteiger charge is 2.13. The number of aromatic nitrogens is 3. The second-order valence-corrected chi connectivity index (χ2v) is 7.03. The summed E-state index contributed by atoms with van der Waals surface area (Å²) in [7, 11) is 0. The first-order valence-electron chi connectivity index (χ1n) is 9.92. The minimum atomic E-state index is 0. The Balaban J connectivity index is 0.00000261. The number of nitrogens with one attached hydrogen (secondary N) is 1. The monoisotopic (exact) mass is 386 g/mol. The molecule has 0 unspecified atom stereocenters. The maximum absolute atomic E-state index is 4.85. The molecule has 146 valence electrons. The number of imidazole rings is 1. The number of anilines is 1. The maximum Gasteiger partial charge on any atom is 0.139 e. The van der Waals surface area contributed by atoms with Gasteiger partial charge in [-0.2, -0.15) is 0 Å². The number of aryl methyl sites for hydroxylation is 1. The molecule has 0 amide bonds. The standard InChI is InChI=1S/C22H30N4.ClH/c1-3-4-5-6-7-8-9-14-24-22-21(19-11-10-13-23-17-19)25-20-16-18(2)12-15-26(20)22;/h10-13,15-17,24H,3-9,14H2,1-2H3;1H. The fourth-order valence-corrected chi connectivity index (χ4v) is 3.31. The van der Waals surface area contributed by atoms with E-state index in [2.05, 4.69) is 52.9 Å². The van der Waals surface area contributed by atoms with Crippen LogP contribution in [0.3, 0.4) is 0 Å². The van der Waals surface area contributed by atoms with Gasteiger partial charge in [0.15, 0.2) is 0 Å². The second kappa shape index (κ2) is 10.9. The lowest BCUT2D eigenvalue weighted by atomic mass is 10.1. The zero-order valence-electron chi connectivity index (χ0n) is 16.4. The van der Waals surface area contributed by atoms with Crippen LogP contribution in [0.1, 0.15) is 57.4 Å². The van der Waals surface area contributed by atoms with Crippen LogP contribution in [-0.4, -0.2) is 20.9 Å². The fourth-order valence-electron chi connectivity index (χ4n) is 3.31. The van der Waals surface area contributed by atoms with Crippen molar-refractivity contribution in [3.8, 4) is 11.3 Å². The number of unbranched alkanes of at least 4 members (excludes halogenated alkanes) is 6. The van der Waals surface area contributed by atoms with Gasteiger partial charge in [-0.05, 0) is 43.2 Å². The molecule has 0 aromatic carbocycles. The average Bonchev–Trinajstić information content (AvgIpc) is 3.02. The van der Waals surface area contributed by atoms with Gasteiger partial charge in [0.1, 0.15) is 17.2 Å². The third kappa shape index (κ3) is 5.70. The van der Waals surface area contributed by atoms with E-state index in [4.69, 9.17) is 4.98 Å². The minimum absolute atomic E-state index is 0. The van der Waals surface area contributed by atoms with Gasteiger partial charge in [0.2, 0.25) is 0 Å². The molecule has 3 aromatic heterocycles. The number of hydrogen-bond acceptors (Lipinski definition) is 3. The summed E-state index contributed by atoms with van der Waals surface area (Å²) in [5, 5.41) is 3.63. The van der Waals surface area contributed by atoms with Gasteiger partial charge in [-0.1, -0.05) is 45.4 Å². The first kappa shape index (κ1) is 21.2. The smallest absolute Gasteiger partial charge is 0.139 e. The summed E-state index contributed by atoms with van der Waals surface area (Å²) in [6.07, 6.45) is 15.0. The van der Waals surface area contributed by atoms with Crippen LogP contribution >= 0.6 is 12.4 Å². The first-order valence-corrected chi connectivity index (χ1v) is 9.92. The molecular formula is C22H31ClN4. The Hall–Kier alpha value is -2.07. The van der Waals surface area contributed by atoms with Crippen LogP contribution in [0.4, 0.5) is 5.82 Å². The normalized spacial score (nSPS) is 10.7. The van der Waals surface area contributed by atoms with Crippen LogP contribution in [0, 0.1) is 6.92 Å². The Morgan fingerprint density at radius 2 is 1.81 bits per heavy atom. The Bertz CT molecular complexity index is 814. The molecule has 0 radical (unpaired) electrons. The van der Waals surface area contributed by atoms with Gasteiger partial charge in [-0.15, -0.1) is 12.4 Å². The van der Waals surface area contributed by atoms with Crippen LogP contribution in [0.25, 0.3) is 16.9 Å². The number of pyridine rings is 2. The molecule has 1 N–H and O–H groups in total. The van der Waals surface area contributed by atoms with E-state index in [1.54, 1.807) is 6.20 Å². The quantitative estimate of drug-likeness (QED) is 0.416. The lowest BCUT2D eigenvalue weighted by molar-refractivity contribution is 0.596. The number of rotatable bonds is 10. The highest BCUT2D eigenvalue weighted by Crippen LogP contribution is 2.28. The van der Waals surface area contributed by atoms with Gasteiger partial charge in [0.25, 0.3) is 0 Å². The van der Waals surface area contributed by atoms with E-state index >= 15 is 0 Å². The summed E-state index contributed by atoms with van der Waals surface area (Å²) in [5.74, 6) is 1.07. The predicted molar refractivity (Wildman–Crippen MR) is 117 cm³/mol. The third-order valence-corrected chi connectivity index (χ3v) is 4.79. The van der Waals surface area contributed by atoms with Crippen LogP contribution < -0.4 is 5.32 Å². The fraction of sp³-hybridized carbons (Fsp3) is 0.455. The summed E-state index contributed by atoms with van der Waals surface area (Å²) in [4.78, 5) is 9.11. The summed E-state index contributed by atoms with van der Waals surface area (Å²) >= 11 is 0. The van der Waals surface area contributed by atoms with Crippen molar-refractivity contribution >= 4 is 23.9 Å². The van der Waals surface area contributed by atoms with Crippen LogP contribution in [-0.2, 0) is 0 Å². The zero-order chi connectivity index (χ0) is 18.2. The largest absolute Gasteiger partial charge is 0.369 e. The number of nitrogens with zero attached hydrogens (tertiary/aromatic N) is 3. The predicted octanol–water partition coefficient (Wildman–Crippen LogP) is 6.29. The highest BCUT2D eigenvalue weighted by atomic mass is 35.5. The van der Waals surface area contributed by atoms with E-state index in [1.165, 1.54) is 50.5 Å². The summed E-state index contributed by atoms with van der Waals surface area (Å²) in [6.45, 7) is 5.34. The molecule has 3 heterocycles. The average molecular weight is 387 g/mol. The summed E-state index contributed by atoms with van der Waals surface area (Å²) in [6, 6.07) is 8.28. The van der Waals surface area contributed by atoms with Gasteiger partial charge in [-0.25, -0.2) is 4.98 Å². The van der Waals surface area contributed by atoms with Crippen molar-refractivity contribution in [1.29, 1.82) is 0 Å². The molecule has 3 rings (SSSR count). The second-order valence-electron chi connectivity index (χ2n) is 7.03. The summed E-state index contributed by atoms with van der Waals surface area (Å²) < 4.78 is 2.15. The Labute approximate surface area is 168 Å². The van der Waals surface area contributed by atoms with E-state index < -0.39 is 0 Å². The van der Waals surface area contributed by atoms with E-state index in [9.17, 15) is 0 Å². The van der Waals surface area contributed by atoms with E-state index in [1.807, 2.05) is 12.3 Å². The van der Waals surface area contributed by atoms with E-state index in [0.29, 0.717) is 0 Å². The number of halogens is 1. The van der Waals surface area contributed by atoms with Gasteiger partial charge < -0.3 is 5.32 Å². The Kier molecular flexibility index (Phi) is 8.59. The third-order valence-electron chi connectivity index (χ3n) is 4.79. The van der Waals surface area contributed by atoms with Crippen molar-refractivity contribution in [2.75, 3.05) is 11.9 Å². The number of hydrogen-bond donors (Lipinski definition) is 1. The molecule has 0 aliphatic rings. The van der Waals surface area contributed by atoms with Crippen LogP contribution in [0.5, 0.6) is 0 Å². The molecule has 0 aliphatic carbocycles. The molecule has 0 fully saturated rings. The molecule has 5 heteroatoms. The highest BCUT2D eigenvalue weighted by molar-refractivity contribution is 5.85. The van der Waals surface area contributed by atoms with Gasteiger partial charge >= 0.3 is 0 Å². The molecule has 0 bridgehead atoms. The topological polar surface area (TPSA) is 42.2 Å². The van der Waals surface area contributed by atoms with E-state index in [0.717, 1.165) is 29.3 Å². The van der Waals surface area contributed by atoms with Gasteiger partial charge in [0.05, 0.1) is 0 Å². The molecule has 0 saturated heterocycles. The van der Waals surface area contributed by atoms with E-state index in [-0.39, 0.29) is 12.4 Å². The van der Waals surface area contributed by atoms with Crippen molar-refractivity contribution in [2.24, 2.45) is 0 Å². The minimum Gasteiger partial charge on any atom is -0.369 e. The molecule has 0 atom stereocenters. The molecule has 27 heavy (non-hydrogen) atoms. The van der Waals surface area contributed by atoms with Crippen LogP contribution in [0.15, 0.2) is 42.9 Å². The van der Waals surface area contributed by atoms with Crippen molar-refractivity contribution in [2.45, 2.75) is 58.8 Å². The number of fused-ring (bicyclic) bond motifs is 1.